The second kappa shape index (κ2) is 8.71. The van der Waals surface area contributed by atoms with Crippen LogP contribution in [-0.4, -0.2) is 11.4 Å². The molecule has 0 aromatic carbocycles. The summed E-state index contributed by atoms with van der Waals surface area (Å²) in [4.78, 5) is 0. The van der Waals surface area contributed by atoms with Crippen LogP contribution in [0.5, 0.6) is 0 Å². The lowest BCUT2D eigenvalue weighted by molar-refractivity contribution is -0.0108. The molecule has 1 N–H and O–H groups in total. The third kappa shape index (κ3) is 3.95. The fourth-order valence-electron chi connectivity index (χ4n) is 8.39. The lowest BCUT2D eigenvalue weighted by Gasteiger charge is -2.58. The van der Waals surface area contributed by atoms with Crippen LogP contribution in [0.4, 0.5) is 0 Å². The van der Waals surface area contributed by atoms with Gasteiger partial charge in [0, 0.05) is 6.21 Å². The van der Waals surface area contributed by atoms with E-state index in [-0.39, 0.29) is 0 Å². The van der Waals surface area contributed by atoms with Crippen LogP contribution in [0.15, 0.2) is 29.0 Å². The van der Waals surface area contributed by atoms with E-state index in [4.69, 9.17) is 5.21 Å². The topological polar surface area (TPSA) is 32.6 Å². The Bertz CT molecular complexity index is 735. The highest BCUT2D eigenvalue weighted by Gasteiger charge is 2.57. The van der Waals surface area contributed by atoms with Gasteiger partial charge < -0.3 is 5.21 Å². The summed E-state index contributed by atoms with van der Waals surface area (Å²) in [6.07, 6.45) is 20.1. The van der Waals surface area contributed by atoms with Gasteiger partial charge in [0.2, 0.25) is 0 Å². The maximum absolute atomic E-state index is 9.02. The molecular weight excluding hydrogens is 378 g/mol. The lowest BCUT2D eigenvalue weighted by atomic mass is 9.47. The predicted molar refractivity (Wildman–Crippen MR) is 131 cm³/mol. The standard InChI is InChI=1S/C29H47NO/c1-19(2)20(3)7-8-21(4)25-11-12-26-24-10-9-23-17-22(18-30-31)13-15-28(23,5)27(24)14-16-29(25,26)6/h7-8,10,18-23,25-27,31H,9,11-17H2,1-6H3/t20?,21-,22?,23?,25-,26+,27+,28+,29-/m1/s1. The van der Waals surface area contributed by atoms with Gasteiger partial charge in [0.15, 0.2) is 0 Å². The lowest BCUT2D eigenvalue weighted by Crippen LogP contribution is -2.49. The van der Waals surface area contributed by atoms with Crippen molar-refractivity contribution in [2.75, 3.05) is 0 Å². The number of fused-ring (bicyclic) bond motifs is 5. The minimum Gasteiger partial charge on any atom is -0.411 e. The average molecular weight is 426 g/mol. The van der Waals surface area contributed by atoms with Crippen LogP contribution in [0.25, 0.3) is 0 Å². The highest BCUT2D eigenvalue weighted by molar-refractivity contribution is 5.60. The molecule has 4 rings (SSSR count). The third-order valence-electron chi connectivity index (χ3n) is 10.9. The number of allylic oxidation sites excluding steroid dienone is 4. The van der Waals surface area contributed by atoms with E-state index in [2.05, 4.69) is 64.9 Å². The third-order valence-corrected chi connectivity index (χ3v) is 10.9. The molecule has 2 heteroatoms. The van der Waals surface area contributed by atoms with Gasteiger partial charge in [0.05, 0.1) is 0 Å². The smallest absolute Gasteiger partial charge is 0.0466 e. The molecule has 3 fully saturated rings. The number of hydrogen-bond acceptors (Lipinski definition) is 2. The van der Waals surface area contributed by atoms with Crippen molar-refractivity contribution in [3.63, 3.8) is 0 Å². The zero-order chi connectivity index (χ0) is 22.4. The van der Waals surface area contributed by atoms with Crippen LogP contribution in [0.1, 0.15) is 92.9 Å². The Labute approximate surface area is 191 Å². The highest BCUT2D eigenvalue weighted by atomic mass is 16.4. The molecule has 3 unspecified atom stereocenters. The fourth-order valence-corrected chi connectivity index (χ4v) is 8.39. The van der Waals surface area contributed by atoms with Crippen molar-refractivity contribution < 1.29 is 5.21 Å². The molecule has 0 amide bonds. The summed E-state index contributed by atoms with van der Waals surface area (Å²) < 4.78 is 0. The summed E-state index contributed by atoms with van der Waals surface area (Å²) in [6.45, 7) is 14.8. The van der Waals surface area contributed by atoms with Crippen molar-refractivity contribution >= 4 is 6.21 Å². The van der Waals surface area contributed by atoms with Crippen LogP contribution >= 0.6 is 0 Å². The SMILES string of the molecule is CC(C)C(C)C=C[C@@H](C)[C@H]1CC[C@H]2C3=CCC4CC(C=NO)CC[C@]4(C)[C@H]3CC[C@]12C. The van der Waals surface area contributed by atoms with Gasteiger partial charge in [0.25, 0.3) is 0 Å². The molecule has 2 nitrogen and oxygen atoms in total. The van der Waals surface area contributed by atoms with Gasteiger partial charge in [-0.25, -0.2) is 0 Å². The molecule has 4 aliphatic carbocycles. The minimum atomic E-state index is 0.460. The molecule has 4 aliphatic rings. The van der Waals surface area contributed by atoms with Crippen LogP contribution in [0.3, 0.4) is 0 Å². The first-order valence-corrected chi connectivity index (χ1v) is 13.3. The van der Waals surface area contributed by atoms with Crippen molar-refractivity contribution in [2.24, 2.45) is 63.3 Å². The molecule has 0 radical (unpaired) electrons. The Hall–Kier alpha value is -1.05. The molecule has 3 saturated carbocycles. The Kier molecular flexibility index (Phi) is 6.50. The van der Waals surface area contributed by atoms with Gasteiger partial charge in [-0.3, -0.25) is 0 Å². The normalized spacial score (nSPS) is 44.7. The van der Waals surface area contributed by atoms with Crippen molar-refractivity contribution in [2.45, 2.75) is 92.9 Å². The maximum Gasteiger partial charge on any atom is 0.0466 e. The van der Waals surface area contributed by atoms with Crippen molar-refractivity contribution in [1.82, 2.24) is 0 Å². The molecule has 0 aromatic rings. The van der Waals surface area contributed by atoms with E-state index >= 15 is 0 Å². The minimum absolute atomic E-state index is 0.460. The second-order valence-electron chi connectivity index (χ2n) is 12.6. The quantitative estimate of drug-likeness (QED) is 0.205. The summed E-state index contributed by atoms with van der Waals surface area (Å²) in [6, 6.07) is 0. The van der Waals surface area contributed by atoms with Crippen molar-refractivity contribution in [3.8, 4) is 0 Å². The largest absolute Gasteiger partial charge is 0.411 e. The van der Waals surface area contributed by atoms with E-state index in [0.717, 1.165) is 29.6 Å². The number of hydrogen-bond donors (Lipinski definition) is 1. The van der Waals surface area contributed by atoms with Gasteiger partial charge >= 0.3 is 0 Å². The monoisotopic (exact) mass is 425 g/mol. The molecule has 0 saturated heterocycles. The average Bonchev–Trinajstić information content (AvgIpc) is 3.09. The maximum atomic E-state index is 9.02. The van der Waals surface area contributed by atoms with Crippen molar-refractivity contribution in [1.29, 1.82) is 0 Å². The molecule has 0 bridgehead atoms. The molecular formula is C29H47NO. The first-order valence-electron chi connectivity index (χ1n) is 13.3. The molecule has 0 aromatic heterocycles. The van der Waals surface area contributed by atoms with E-state index in [1.807, 2.05) is 5.57 Å². The van der Waals surface area contributed by atoms with E-state index in [9.17, 15) is 0 Å². The summed E-state index contributed by atoms with van der Waals surface area (Å²) in [5.41, 5.74) is 2.80. The first-order chi connectivity index (χ1) is 14.7. The fraction of sp³-hybridized carbons (Fsp3) is 0.828. The summed E-state index contributed by atoms with van der Waals surface area (Å²) in [7, 11) is 0. The van der Waals surface area contributed by atoms with Gasteiger partial charge in [-0.1, -0.05) is 65.3 Å². The molecule has 31 heavy (non-hydrogen) atoms. The molecule has 9 atom stereocenters. The Morgan fingerprint density at radius 2 is 1.68 bits per heavy atom. The van der Waals surface area contributed by atoms with E-state index in [1.54, 1.807) is 6.21 Å². The Morgan fingerprint density at radius 3 is 2.39 bits per heavy atom. The predicted octanol–water partition coefficient (Wildman–Crippen LogP) is 8.13. The first kappa shape index (κ1) is 23.1. The van der Waals surface area contributed by atoms with E-state index < -0.39 is 0 Å². The van der Waals surface area contributed by atoms with Crippen LogP contribution in [0.2, 0.25) is 0 Å². The van der Waals surface area contributed by atoms with Crippen LogP contribution in [0, 0.1) is 58.2 Å². The number of oxime groups is 1. The zero-order valence-corrected chi connectivity index (χ0v) is 21.0. The Morgan fingerprint density at radius 1 is 0.968 bits per heavy atom. The Balaban J connectivity index is 1.52. The number of nitrogens with zero attached hydrogens (tertiary/aromatic N) is 1. The van der Waals surface area contributed by atoms with Gasteiger partial charge in [-0.15, -0.1) is 5.16 Å². The summed E-state index contributed by atoms with van der Waals surface area (Å²) in [5, 5.41) is 12.4. The van der Waals surface area contributed by atoms with Crippen LogP contribution < -0.4 is 0 Å². The van der Waals surface area contributed by atoms with E-state index in [1.165, 1.54) is 51.4 Å². The second-order valence-corrected chi connectivity index (χ2v) is 12.6. The van der Waals surface area contributed by atoms with Gasteiger partial charge in [-0.2, -0.15) is 0 Å². The number of rotatable bonds is 5. The van der Waals surface area contributed by atoms with Crippen molar-refractivity contribution in [3.05, 3.63) is 23.8 Å². The van der Waals surface area contributed by atoms with Gasteiger partial charge in [-0.05, 0) is 110 Å². The summed E-state index contributed by atoms with van der Waals surface area (Å²) in [5.74, 6) is 5.76. The zero-order valence-electron chi connectivity index (χ0n) is 21.0. The molecule has 0 spiro atoms. The van der Waals surface area contributed by atoms with Gasteiger partial charge in [0.1, 0.15) is 0 Å². The van der Waals surface area contributed by atoms with E-state index in [0.29, 0.717) is 28.6 Å². The van der Waals surface area contributed by atoms with Crippen LogP contribution in [-0.2, 0) is 0 Å². The summed E-state index contributed by atoms with van der Waals surface area (Å²) >= 11 is 0. The molecule has 0 aliphatic heterocycles. The highest BCUT2D eigenvalue weighted by Crippen LogP contribution is 2.67. The molecule has 174 valence electrons. The molecule has 0 heterocycles.